The lowest BCUT2D eigenvalue weighted by Gasteiger charge is -1.77. The third-order valence-electron chi connectivity index (χ3n) is 1.38. The minimum absolute atomic E-state index is 1.10. The fourth-order valence-corrected chi connectivity index (χ4v) is 1.23. The summed E-state index contributed by atoms with van der Waals surface area (Å²) in [7, 11) is 0. The molecule has 0 aliphatic carbocycles. The van der Waals surface area contributed by atoms with Gasteiger partial charge in [-0.2, -0.15) is 0 Å². The van der Waals surface area contributed by atoms with Crippen molar-refractivity contribution in [2.75, 3.05) is 0 Å². The standard InChI is InChI=1S/C5H6IN.C5H5N/c6-3-5-1-2-7-4-5;1-2-4-6-5-3-1/h1-2,4,7H,3H2;1-5H. The van der Waals surface area contributed by atoms with E-state index in [0.29, 0.717) is 0 Å². The molecule has 2 aromatic rings. The summed E-state index contributed by atoms with van der Waals surface area (Å²) in [5, 5.41) is 0. The van der Waals surface area contributed by atoms with Gasteiger partial charge < -0.3 is 4.98 Å². The third-order valence-corrected chi connectivity index (χ3v) is 2.26. The molecular weight excluding hydrogens is 275 g/mol. The van der Waals surface area contributed by atoms with Crippen LogP contribution in [-0.4, -0.2) is 9.97 Å². The molecule has 0 unspecified atom stereocenters. The van der Waals surface area contributed by atoms with E-state index >= 15 is 0 Å². The van der Waals surface area contributed by atoms with Crippen LogP contribution in [-0.2, 0) is 4.43 Å². The molecule has 3 heteroatoms. The van der Waals surface area contributed by atoms with Crippen LogP contribution >= 0.6 is 22.6 Å². The molecule has 0 radical (unpaired) electrons. The van der Waals surface area contributed by atoms with Crippen molar-refractivity contribution in [1.82, 2.24) is 9.97 Å². The lowest BCUT2D eigenvalue weighted by molar-refractivity contribution is 1.33. The van der Waals surface area contributed by atoms with Crippen molar-refractivity contribution in [2.24, 2.45) is 0 Å². The lowest BCUT2D eigenvalue weighted by Crippen LogP contribution is -1.62. The van der Waals surface area contributed by atoms with Gasteiger partial charge in [0.2, 0.25) is 0 Å². The van der Waals surface area contributed by atoms with E-state index in [1.807, 2.05) is 30.6 Å². The van der Waals surface area contributed by atoms with E-state index in [-0.39, 0.29) is 0 Å². The first-order valence-electron chi connectivity index (χ1n) is 3.96. The minimum Gasteiger partial charge on any atom is -0.367 e. The molecule has 2 aromatic heterocycles. The molecule has 0 saturated heterocycles. The van der Waals surface area contributed by atoms with Crippen LogP contribution in [0.3, 0.4) is 0 Å². The second-order valence-electron chi connectivity index (χ2n) is 2.38. The Morgan fingerprint density at radius 1 is 1.23 bits per heavy atom. The quantitative estimate of drug-likeness (QED) is 0.633. The topological polar surface area (TPSA) is 28.7 Å². The van der Waals surface area contributed by atoms with E-state index < -0.39 is 0 Å². The summed E-state index contributed by atoms with van der Waals surface area (Å²) < 4.78 is 1.10. The second-order valence-corrected chi connectivity index (χ2v) is 3.14. The molecule has 2 rings (SSSR count). The van der Waals surface area contributed by atoms with E-state index in [0.717, 1.165) is 4.43 Å². The third kappa shape index (κ3) is 4.67. The molecule has 1 N–H and O–H groups in total. The zero-order chi connectivity index (χ0) is 9.36. The van der Waals surface area contributed by atoms with Crippen molar-refractivity contribution in [1.29, 1.82) is 0 Å². The Bertz CT molecular complexity index is 265. The molecule has 13 heavy (non-hydrogen) atoms. The molecule has 0 aliphatic heterocycles. The van der Waals surface area contributed by atoms with Gasteiger partial charge in [-0.3, -0.25) is 4.98 Å². The molecule has 0 aliphatic rings. The molecule has 68 valence electrons. The Morgan fingerprint density at radius 3 is 2.23 bits per heavy atom. The van der Waals surface area contributed by atoms with Crippen molar-refractivity contribution in [3.8, 4) is 0 Å². The Kier molecular flexibility index (Phi) is 5.24. The first kappa shape index (κ1) is 10.2. The number of rotatable bonds is 1. The molecule has 2 nitrogen and oxygen atoms in total. The maximum Gasteiger partial charge on any atom is 0.0267 e. The van der Waals surface area contributed by atoms with Crippen LogP contribution in [0, 0.1) is 0 Å². The number of hydrogen-bond donors (Lipinski definition) is 1. The summed E-state index contributed by atoms with van der Waals surface area (Å²) in [6, 6.07) is 7.79. The summed E-state index contributed by atoms with van der Waals surface area (Å²) in [6.45, 7) is 0. The van der Waals surface area contributed by atoms with Gasteiger partial charge in [-0.1, -0.05) is 28.7 Å². The number of alkyl halides is 1. The molecule has 0 spiro atoms. The van der Waals surface area contributed by atoms with Gasteiger partial charge in [-0.05, 0) is 23.8 Å². The normalized spacial score (nSPS) is 8.69. The van der Waals surface area contributed by atoms with E-state index in [4.69, 9.17) is 0 Å². The largest absolute Gasteiger partial charge is 0.367 e. The van der Waals surface area contributed by atoms with Gasteiger partial charge in [0.25, 0.3) is 0 Å². The number of halogens is 1. The van der Waals surface area contributed by atoms with Crippen LogP contribution in [0.4, 0.5) is 0 Å². The number of pyridine rings is 1. The van der Waals surface area contributed by atoms with Crippen molar-refractivity contribution in [3.05, 3.63) is 54.6 Å². The number of H-pyrrole nitrogens is 1. The Labute approximate surface area is 91.5 Å². The predicted octanol–water partition coefficient (Wildman–Crippen LogP) is 3.03. The van der Waals surface area contributed by atoms with Crippen LogP contribution < -0.4 is 0 Å². The van der Waals surface area contributed by atoms with Crippen LogP contribution in [0.15, 0.2) is 49.1 Å². The van der Waals surface area contributed by atoms with Gasteiger partial charge in [0.1, 0.15) is 0 Å². The van der Waals surface area contributed by atoms with Crippen molar-refractivity contribution in [2.45, 2.75) is 4.43 Å². The monoisotopic (exact) mass is 286 g/mol. The van der Waals surface area contributed by atoms with Crippen LogP contribution in [0.25, 0.3) is 0 Å². The number of hydrogen-bond acceptors (Lipinski definition) is 1. The van der Waals surface area contributed by atoms with Crippen molar-refractivity contribution >= 4 is 22.6 Å². The molecular formula is C10H11IN2. The number of aromatic nitrogens is 2. The maximum absolute atomic E-state index is 3.78. The minimum atomic E-state index is 1.10. The SMILES string of the molecule is ICc1cc[nH]c1.c1ccncc1. The summed E-state index contributed by atoms with van der Waals surface area (Å²) in [5.41, 5.74) is 1.36. The highest BCUT2D eigenvalue weighted by Crippen LogP contribution is 2.01. The van der Waals surface area contributed by atoms with E-state index in [9.17, 15) is 0 Å². The molecule has 0 amide bonds. The summed E-state index contributed by atoms with van der Waals surface area (Å²) in [4.78, 5) is 6.76. The molecule has 0 aromatic carbocycles. The molecule has 0 bridgehead atoms. The first-order valence-corrected chi connectivity index (χ1v) is 5.48. The first-order chi connectivity index (χ1) is 6.43. The lowest BCUT2D eigenvalue weighted by atomic mass is 10.4. The van der Waals surface area contributed by atoms with Gasteiger partial charge in [-0.25, -0.2) is 0 Å². The number of aromatic amines is 1. The van der Waals surface area contributed by atoms with Crippen molar-refractivity contribution < 1.29 is 0 Å². The van der Waals surface area contributed by atoms with E-state index in [2.05, 4.69) is 38.6 Å². The fourth-order valence-electron chi connectivity index (χ4n) is 0.754. The predicted molar refractivity (Wildman–Crippen MR) is 62.8 cm³/mol. The van der Waals surface area contributed by atoms with Gasteiger partial charge >= 0.3 is 0 Å². The fraction of sp³-hybridized carbons (Fsp3) is 0.100. The zero-order valence-corrected chi connectivity index (χ0v) is 9.31. The summed E-state index contributed by atoms with van der Waals surface area (Å²) >= 11 is 2.33. The smallest absolute Gasteiger partial charge is 0.0267 e. The summed E-state index contributed by atoms with van der Waals surface area (Å²) in [6.07, 6.45) is 7.44. The molecule has 2 heterocycles. The Morgan fingerprint density at radius 2 is 2.00 bits per heavy atom. The number of nitrogens with zero attached hydrogens (tertiary/aromatic N) is 1. The van der Waals surface area contributed by atoms with E-state index in [1.54, 1.807) is 12.4 Å². The average Bonchev–Trinajstić information content (AvgIpc) is 2.74. The van der Waals surface area contributed by atoms with Gasteiger partial charge in [0, 0.05) is 29.2 Å². The Balaban J connectivity index is 0.000000132. The Hall–Kier alpha value is -0.840. The highest BCUT2D eigenvalue weighted by Gasteiger charge is 1.82. The highest BCUT2D eigenvalue weighted by atomic mass is 127. The van der Waals surface area contributed by atoms with Gasteiger partial charge in [0.05, 0.1) is 0 Å². The highest BCUT2D eigenvalue weighted by molar-refractivity contribution is 14.1. The zero-order valence-electron chi connectivity index (χ0n) is 7.15. The maximum atomic E-state index is 3.78. The van der Waals surface area contributed by atoms with Gasteiger partial charge in [-0.15, -0.1) is 0 Å². The molecule has 0 atom stereocenters. The number of nitrogens with one attached hydrogen (secondary N) is 1. The van der Waals surface area contributed by atoms with Crippen LogP contribution in [0.5, 0.6) is 0 Å². The summed E-state index contributed by atoms with van der Waals surface area (Å²) in [5.74, 6) is 0. The second kappa shape index (κ2) is 6.65. The molecule has 0 fully saturated rings. The van der Waals surface area contributed by atoms with E-state index in [1.165, 1.54) is 5.56 Å². The van der Waals surface area contributed by atoms with Crippen LogP contribution in [0.1, 0.15) is 5.56 Å². The van der Waals surface area contributed by atoms with Gasteiger partial charge in [0.15, 0.2) is 0 Å². The average molecular weight is 286 g/mol. The van der Waals surface area contributed by atoms with Crippen molar-refractivity contribution in [3.63, 3.8) is 0 Å². The van der Waals surface area contributed by atoms with Crippen LogP contribution in [0.2, 0.25) is 0 Å². The molecule has 0 saturated carbocycles.